The van der Waals surface area contributed by atoms with Gasteiger partial charge in [-0.15, -0.1) is 0 Å². The number of anilines is 1. The van der Waals surface area contributed by atoms with Crippen molar-refractivity contribution in [1.82, 2.24) is 4.90 Å². The van der Waals surface area contributed by atoms with Crippen molar-refractivity contribution in [1.29, 1.82) is 0 Å². The van der Waals surface area contributed by atoms with Gasteiger partial charge in [0.15, 0.2) is 6.10 Å². The largest absolute Gasteiger partial charge is 0.479 e. The fourth-order valence-electron chi connectivity index (χ4n) is 3.11. The Morgan fingerprint density at radius 2 is 1.92 bits per heavy atom. The van der Waals surface area contributed by atoms with E-state index in [-0.39, 0.29) is 25.0 Å². The monoisotopic (exact) mass is 332 g/mol. The van der Waals surface area contributed by atoms with Crippen LogP contribution in [0.3, 0.4) is 0 Å². The lowest BCUT2D eigenvalue weighted by atomic mass is 10.1. The molecule has 2 atom stereocenters. The molecule has 0 radical (unpaired) electrons. The summed E-state index contributed by atoms with van der Waals surface area (Å²) < 4.78 is 5.12. The van der Waals surface area contributed by atoms with Gasteiger partial charge in [-0.2, -0.15) is 0 Å². The number of hydrogen-bond donors (Lipinski definition) is 1. The van der Waals surface area contributed by atoms with Gasteiger partial charge in [0.25, 0.3) is 0 Å². The molecule has 24 heavy (non-hydrogen) atoms. The summed E-state index contributed by atoms with van der Waals surface area (Å²) in [5.41, 5.74) is 1.89. The first-order valence-corrected chi connectivity index (χ1v) is 7.98. The molecule has 2 saturated heterocycles. The summed E-state index contributed by atoms with van der Waals surface area (Å²) in [6, 6.07) is 7.60. The van der Waals surface area contributed by atoms with Crippen LogP contribution in [-0.4, -0.2) is 60.1 Å². The number of rotatable bonds is 3. The van der Waals surface area contributed by atoms with Crippen LogP contribution in [0.25, 0.3) is 0 Å². The number of ether oxygens (including phenoxy) is 1. The van der Waals surface area contributed by atoms with Gasteiger partial charge in [0.05, 0.1) is 13.2 Å². The molecule has 2 amide bonds. The van der Waals surface area contributed by atoms with Crippen LogP contribution in [-0.2, 0) is 19.1 Å². The summed E-state index contributed by atoms with van der Waals surface area (Å²) in [4.78, 5) is 39.4. The highest BCUT2D eigenvalue weighted by Crippen LogP contribution is 2.27. The molecule has 2 aliphatic heterocycles. The van der Waals surface area contributed by atoms with Gasteiger partial charge in [-0.3, -0.25) is 9.59 Å². The topological polar surface area (TPSA) is 87.2 Å². The highest BCUT2D eigenvalue weighted by Gasteiger charge is 2.41. The Bertz CT molecular complexity index is 657. The molecule has 0 bridgehead atoms. The van der Waals surface area contributed by atoms with Crippen molar-refractivity contribution in [2.24, 2.45) is 5.92 Å². The minimum absolute atomic E-state index is 0.0114. The molecular weight excluding hydrogens is 312 g/mol. The van der Waals surface area contributed by atoms with Crippen LogP contribution in [0.2, 0.25) is 0 Å². The van der Waals surface area contributed by atoms with Crippen molar-refractivity contribution in [2.75, 3.05) is 31.1 Å². The molecule has 1 aromatic carbocycles. The predicted octanol–water partition coefficient (Wildman–Crippen LogP) is 0.660. The van der Waals surface area contributed by atoms with Crippen molar-refractivity contribution in [2.45, 2.75) is 19.4 Å². The summed E-state index contributed by atoms with van der Waals surface area (Å²) in [7, 11) is 0. The summed E-state index contributed by atoms with van der Waals surface area (Å²) in [5, 5.41) is 9.03. The Hall–Kier alpha value is -2.41. The maximum absolute atomic E-state index is 12.6. The van der Waals surface area contributed by atoms with E-state index in [9.17, 15) is 14.4 Å². The Morgan fingerprint density at radius 1 is 1.21 bits per heavy atom. The number of nitrogens with zero attached hydrogens (tertiary/aromatic N) is 2. The van der Waals surface area contributed by atoms with Crippen molar-refractivity contribution >= 4 is 23.5 Å². The molecule has 2 fully saturated rings. The molecule has 2 aliphatic rings. The van der Waals surface area contributed by atoms with Crippen LogP contribution in [0.1, 0.15) is 12.0 Å². The van der Waals surface area contributed by atoms with Gasteiger partial charge in [-0.05, 0) is 25.5 Å². The fourth-order valence-corrected chi connectivity index (χ4v) is 3.11. The number of carboxylic acid groups (broad SMARTS) is 1. The van der Waals surface area contributed by atoms with Gasteiger partial charge in [-0.1, -0.05) is 17.7 Å². The van der Waals surface area contributed by atoms with E-state index < -0.39 is 18.0 Å². The maximum atomic E-state index is 12.6. The fraction of sp³-hybridized carbons (Fsp3) is 0.471. The molecule has 0 aromatic heterocycles. The molecule has 2 unspecified atom stereocenters. The lowest BCUT2D eigenvalue weighted by Crippen LogP contribution is -2.51. The third-order valence-corrected chi connectivity index (χ3v) is 4.50. The lowest BCUT2D eigenvalue weighted by Gasteiger charge is -2.32. The Kier molecular flexibility index (Phi) is 4.53. The normalized spacial score (nSPS) is 24.3. The minimum atomic E-state index is -1.09. The molecule has 1 N–H and O–H groups in total. The van der Waals surface area contributed by atoms with E-state index in [0.717, 1.165) is 11.3 Å². The first-order chi connectivity index (χ1) is 11.5. The number of morpholine rings is 1. The third-order valence-electron chi connectivity index (χ3n) is 4.50. The van der Waals surface area contributed by atoms with Gasteiger partial charge >= 0.3 is 5.97 Å². The molecule has 7 nitrogen and oxygen atoms in total. The van der Waals surface area contributed by atoms with Crippen LogP contribution in [0, 0.1) is 12.8 Å². The molecule has 0 spiro atoms. The zero-order valence-corrected chi connectivity index (χ0v) is 13.5. The second-order valence-corrected chi connectivity index (χ2v) is 6.15. The van der Waals surface area contributed by atoms with Crippen molar-refractivity contribution < 1.29 is 24.2 Å². The van der Waals surface area contributed by atoms with Crippen LogP contribution >= 0.6 is 0 Å². The first-order valence-electron chi connectivity index (χ1n) is 7.98. The molecular formula is C17H20N2O5. The molecule has 1 aromatic rings. The molecule has 128 valence electrons. The Morgan fingerprint density at radius 3 is 2.58 bits per heavy atom. The van der Waals surface area contributed by atoms with Gasteiger partial charge in [-0.25, -0.2) is 4.79 Å². The number of hydrogen-bond acceptors (Lipinski definition) is 4. The zero-order chi connectivity index (χ0) is 17.3. The number of carbonyl (C=O) groups is 3. The number of aliphatic carboxylic acids is 1. The average Bonchev–Trinajstić information content (AvgIpc) is 2.96. The molecule has 0 aliphatic carbocycles. The van der Waals surface area contributed by atoms with E-state index in [2.05, 4.69) is 0 Å². The summed E-state index contributed by atoms with van der Waals surface area (Å²) in [6.07, 6.45) is -0.576. The van der Waals surface area contributed by atoms with Gasteiger partial charge < -0.3 is 19.6 Å². The summed E-state index contributed by atoms with van der Waals surface area (Å²) in [6.45, 7) is 2.94. The average molecular weight is 332 g/mol. The number of benzene rings is 1. The van der Waals surface area contributed by atoms with E-state index in [1.807, 2.05) is 31.2 Å². The van der Waals surface area contributed by atoms with E-state index >= 15 is 0 Å². The van der Waals surface area contributed by atoms with Crippen LogP contribution < -0.4 is 4.90 Å². The van der Waals surface area contributed by atoms with Crippen LogP contribution in [0.15, 0.2) is 24.3 Å². The van der Waals surface area contributed by atoms with E-state index in [0.29, 0.717) is 19.5 Å². The second kappa shape index (κ2) is 6.60. The number of amides is 2. The quantitative estimate of drug-likeness (QED) is 0.822. The van der Waals surface area contributed by atoms with Gasteiger partial charge in [0.1, 0.15) is 5.92 Å². The summed E-state index contributed by atoms with van der Waals surface area (Å²) in [5.74, 6) is -2.35. The number of carbonyl (C=O) groups excluding carboxylic acids is 2. The predicted molar refractivity (Wildman–Crippen MR) is 85.6 cm³/mol. The Labute approximate surface area is 139 Å². The Balaban J connectivity index is 1.69. The van der Waals surface area contributed by atoms with E-state index in [4.69, 9.17) is 9.84 Å². The second-order valence-electron chi connectivity index (χ2n) is 6.15. The molecule has 3 rings (SSSR count). The van der Waals surface area contributed by atoms with Crippen molar-refractivity contribution in [3.8, 4) is 0 Å². The SMILES string of the molecule is Cc1ccc(N2CCC(C(=O)N3CCOC(C(=O)O)C3)C2=O)cc1. The van der Waals surface area contributed by atoms with Gasteiger partial charge in [0.2, 0.25) is 11.8 Å². The van der Waals surface area contributed by atoms with Crippen molar-refractivity contribution in [3.05, 3.63) is 29.8 Å². The number of aryl methyl sites for hydroxylation is 1. The van der Waals surface area contributed by atoms with Crippen LogP contribution in [0.4, 0.5) is 5.69 Å². The van der Waals surface area contributed by atoms with E-state index in [1.165, 1.54) is 4.90 Å². The van der Waals surface area contributed by atoms with Crippen LogP contribution in [0.5, 0.6) is 0 Å². The smallest absolute Gasteiger partial charge is 0.334 e. The maximum Gasteiger partial charge on any atom is 0.334 e. The highest BCUT2D eigenvalue weighted by molar-refractivity contribution is 6.09. The lowest BCUT2D eigenvalue weighted by molar-refractivity contribution is -0.160. The zero-order valence-electron chi connectivity index (χ0n) is 13.5. The highest BCUT2D eigenvalue weighted by atomic mass is 16.5. The number of carboxylic acids is 1. The standard InChI is InChI=1S/C17H20N2O5/c1-11-2-4-12(5-3-11)19-7-6-13(16(19)21)15(20)18-8-9-24-14(10-18)17(22)23/h2-5,13-14H,6-10H2,1H3,(H,22,23). The molecule has 7 heteroatoms. The third kappa shape index (κ3) is 3.12. The van der Waals surface area contributed by atoms with E-state index in [1.54, 1.807) is 4.90 Å². The minimum Gasteiger partial charge on any atom is -0.479 e. The first kappa shape index (κ1) is 16.4. The molecule has 2 heterocycles. The molecule has 0 saturated carbocycles. The van der Waals surface area contributed by atoms with Crippen molar-refractivity contribution in [3.63, 3.8) is 0 Å². The van der Waals surface area contributed by atoms with Gasteiger partial charge in [0, 0.05) is 18.8 Å². The summed E-state index contributed by atoms with van der Waals surface area (Å²) >= 11 is 0.